The number of benzene rings is 1. The van der Waals surface area contributed by atoms with Gasteiger partial charge in [-0.25, -0.2) is 0 Å². The first-order valence-corrected chi connectivity index (χ1v) is 9.95. The maximum atomic E-state index is 5.71. The molecule has 148 valence electrons. The van der Waals surface area contributed by atoms with E-state index >= 15 is 0 Å². The van der Waals surface area contributed by atoms with Crippen molar-refractivity contribution in [3.63, 3.8) is 0 Å². The minimum atomic E-state index is -0.0786. The first-order valence-electron chi connectivity index (χ1n) is 9.95. The quantitative estimate of drug-likeness (QED) is 0.686. The highest BCUT2D eigenvalue weighted by molar-refractivity contribution is 5.49. The lowest BCUT2D eigenvalue weighted by Gasteiger charge is -2.36. The van der Waals surface area contributed by atoms with Crippen molar-refractivity contribution in [2.45, 2.75) is 52.6 Å². The van der Waals surface area contributed by atoms with E-state index < -0.39 is 0 Å². The molecular weight excluding hydrogens is 324 g/mol. The number of nitrogens with zero attached hydrogens (tertiary/aromatic N) is 2. The Hall–Kier alpha value is -1.10. The SMILES string of the molecule is CC(C)(C)OCCOCCN1CCN(c2ccc(C(C)(C)C)cc2)CC1. The van der Waals surface area contributed by atoms with Gasteiger partial charge in [0.05, 0.1) is 25.4 Å². The van der Waals surface area contributed by atoms with Gasteiger partial charge in [0, 0.05) is 38.4 Å². The second-order valence-corrected chi connectivity index (χ2v) is 9.20. The highest BCUT2D eigenvalue weighted by atomic mass is 16.5. The Labute approximate surface area is 160 Å². The molecule has 2 rings (SSSR count). The van der Waals surface area contributed by atoms with Gasteiger partial charge in [-0.1, -0.05) is 32.9 Å². The molecule has 4 heteroatoms. The monoisotopic (exact) mass is 362 g/mol. The summed E-state index contributed by atoms with van der Waals surface area (Å²) in [5.74, 6) is 0. The van der Waals surface area contributed by atoms with Crippen LogP contribution in [-0.4, -0.2) is 63.0 Å². The molecular formula is C22H38N2O2. The van der Waals surface area contributed by atoms with Crippen LogP contribution in [0.3, 0.4) is 0 Å². The van der Waals surface area contributed by atoms with Crippen LogP contribution in [0.25, 0.3) is 0 Å². The average Bonchev–Trinajstić information content (AvgIpc) is 2.57. The molecule has 0 unspecified atom stereocenters. The summed E-state index contributed by atoms with van der Waals surface area (Å²) in [5, 5.41) is 0. The Morgan fingerprint density at radius 1 is 0.808 bits per heavy atom. The smallest absolute Gasteiger partial charge is 0.0707 e. The third-order valence-corrected chi connectivity index (χ3v) is 4.79. The number of piperazine rings is 1. The van der Waals surface area contributed by atoms with Crippen LogP contribution in [0, 0.1) is 0 Å². The molecule has 4 nitrogen and oxygen atoms in total. The van der Waals surface area contributed by atoms with Crippen LogP contribution in [0.2, 0.25) is 0 Å². The first kappa shape index (κ1) is 21.2. The molecule has 1 aliphatic heterocycles. The number of rotatable bonds is 7. The van der Waals surface area contributed by atoms with Crippen LogP contribution >= 0.6 is 0 Å². The third kappa shape index (κ3) is 7.26. The van der Waals surface area contributed by atoms with Gasteiger partial charge in [-0.2, -0.15) is 0 Å². The van der Waals surface area contributed by atoms with E-state index in [1.54, 1.807) is 0 Å². The molecule has 0 saturated carbocycles. The van der Waals surface area contributed by atoms with Crippen LogP contribution in [0.5, 0.6) is 0 Å². The van der Waals surface area contributed by atoms with Crippen molar-refractivity contribution in [1.29, 1.82) is 0 Å². The summed E-state index contributed by atoms with van der Waals surface area (Å²) in [6.45, 7) is 20.5. The molecule has 0 bridgehead atoms. The summed E-state index contributed by atoms with van der Waals surface area (Å²) < 4.78 is 11.4. The molecule has 0 atom stereocenters. The second-order valence-electron chi connectivity index (χ2n) is 9.20. The number of hydrogen-bond donors (Lipinski definition) is 0. The molecule has 1 heterocycles. The Kier molecular flexibility index (Phi) is 7.51. The van der Waals surface area contributed by atoms with Crippen LogP contribution in [-0.2, 0) is 14.9 Å². The van der Waals surface area contributed by atoms with Gasteiger partial charge in [0.25, 0.3) is 0 Å². The van der Waals surface area contributed by atoms with Gasteiger partial charge >= 0.3 is 0 Å². The molecule has 0 aliphatic carbocycles. The average molecular weight is 363 g/mol. The van der Waals surface area contributed by atoms with Gasteiger partial charge in [0.1, 0.15) is 0 Å². The van der Waals surface area contributed by atoms with E-state index in [2.05, 4.69) is 75.6 Å². The molecule has 1 aromatic carbocycles. The van der Waals surface area contributed by atoms with E-state index in [1.807, 2.05) is 0 Å². The van der Waals surface area contributed by atoms with Crippen LogP contribution < -0.4 is 4.90 Å². The first-order chi connectivity index (χ1) is 12.1. The maximum Gasteiger partial charge on any atom is 0.0707 e. The highest BCUT2D eigenvalue weighted by Crippen LogP contribution is 2.25. The molecule has 1 aromatic rings. The molecule has 0 radical (unpaired) electrons. The van der Waals surface area contributed by atoms with E-state index in [0.29, 0.717) is 13.2 Å². The summed E-state index contributed by atoms with van der Waals surface area (Å²) in [6.07, 6.45) is 0. The standard InChI is InChI=1S/C22H38N2O2/c1-21(2,3)19-7-9-20(10-8-19)24-13-11-23(12-14-24)15-16-25-17-18-26-22(4,5)6/h7-10H,11-18H2,1-6H3. The predicted octanol–water partition coefficient (Wildman–Crippen LogP) is 3.94. The predicted molar refractivity (Wildman–Crippen MR) is 110 cm³/mol. The van der Waals surface area contributed by atoms with E-state index in [0.717, 1.165) is 39.3 Å². The molecule has 1 aliphatic rings. The zero-order valence-corrected chi connectivity index (χ0v) is 17.7. The Morgan fingerprint density at radius 2 is 1.42 bits per heavy atom. The molecule has 0 spiro atoms. The summed E-state index contributed by atoms with van der Waals surface area (Å²) in [6, 6.07) is 9.09. The molecule has 0 N–H and O–H groups in total. The minimum absolute atomic E-state index is 0.0786. The molecule has 1 fully saturated rings. The lowest BCUT2D eigenvalue weighted by molar-refractivity contribution is -0.0369. The summed E-state index contributed by atoms with van der Waals surface area (Å²) >= 11 is 0. The Bertz CT molecular complexity index is 521. The maximum absolute atomic E-state index is 5.71. The van der Waals surface area contributed by atoms with Crippen molar-refractivity contribution in [3.05, 3.63) is 29.8 Å². The lowest BCUT2D eigenvalue weighted by atomic mass is 9.87. The largest absolute Gasteiger partial charge is 0.378 e. The fraction of sp³-hybridized carbons (Fsp3) is 0.727. The van der Waals surface area contributed by atoms with Gasteiger partial charge in [-0.05, 0) is 43.9 Å². The highest BCUT2D eigenvalue weighted by Gasteiger charge is 2.18. The van der Waals surface area contributed by atoms with E-state index in [-0.39, 0.29) is 11.0 Å². The minimum Gasteiger partial charge on any atom is -0.378 e. The van der Waals surface area contributed by atoms with E-state index in [1.165, 1.54) is 11.3 Å². The van der Waals surface area contributed by atoms with Crippen molar-refractivity contribution in [2.24, 2.45) is 0 Å². The van der Waals surface area contributed by atoms with Gasteiger partial charge in [0.2, 0.25) is 0 Å². The lowest BCUT2D eigenvalue weighted by Crippen LogP contribution is -2.47. The summed E-state index contributed by atoms with van der Waals surface area (Å²) in [7, 11) is 0. The molecule has 0 aromatic heterocycles. The third-order valence-electron chi connectivity index (χ3n) is 4.79. The van der Waals surface area contributed by atoms with E-state index in [4.69, 9.17) is 9.47 Å². The van der Waals surface area contributed by atoms with Crippen LogP contribution in [0.15, 0.2) is 24.3 Å². The zero-order valence-electron chi connectivity index (χ0n) is 17.7. The number of ether oxygens (including phenoxy) is 2. The normalized spacial score (nSPS) is 16.9. The van der Waals surface area contributed by atoms with Crippen molar-refractivity contribution in [1.82, 2.24) is 4.90 Å². The van der Waals surface area contributed by atoms with Crippen LogP contribution in [0.1, 0.15) is 47.1 Å². The molecule has 0 amide bonds. The second kappa shape index (κ2) is 9.20. The van der Waals surface area contributed by atoms with Gasteiger partial charge < -0.3 is 14.4 Å². The van der Waals surface area contributed by atoms with Gasteiger partial charge in [0.15, 0.2) is 0 Å². The Balaban J connectivity index is 1.64. The van der Waals surface area contributed by atoms with Crippen molar-refractivity contribution in [3.8, 4) is 0 Å². The fourth-order valence-electron chi connectivity index (χ4n) is 3.10. The van der Waals surface area contributed by atoms with Crippen molar-refractivity contribution < 1.29 is 9.47 Å². The fourth-order valence-corrected chi connectivity index (χ4v) is 3.10. The Morgan fingerprint density at radius 3 is 1.96 bits per heavy atom. The summed E-state index contributed by atoms with van der Waals surface area (Å²) in [5.41, 5.74) is 2.88. The number of anilines is 1. The summed E-state index contributed by atoms with van der Waals surface area (Å²) in [4.78, 5) is 4.98. The van der Waals surface area contributed by atoms with Crippen molar-refractivity contribution in [2.75, 3.05) is 57.4 Å². The molecule has 26 heavy (non-hydrogen) atoms. The van der Waals surface area contributed by atoms with E-state index in [9.17, 15) is 0 Å². The van der Waals surface area contributed by atoms with Crippen molar-refractivity contribution >= 4 is 5.69 Å². The van der Waals surface area contributed by atoms with Gasteiger partial charge in [-0.3, -0.25) is 4.90 Å². The van der Waals surface area contributed by atoms with Gasteiger partial charge in [-0.15, -0.1) is 0 Å². The molecule has 1 saturated heterocycles. The topological polar surface area (TPSA) is 24.9 Å². The van der Waals surface area contributed by atoms with Crippen LogP contribution in [0.4, 0.5) is 5.69 Å². The number of hydrogen-bond acceptors (Lipinski definition) is 4. The zero-order chi connectivity index (χ0) is 19.2.